The van der Waals surface area contributed by atoms with Gasteiger partial charge in [0.05, 0.1) is 19.8 Å². The highest BCUT2D eigenvalue weighted by Gasteiger charge is 2.54. The summed E-state index contributed by atoms with van der Waals surface area (Å²) in [6.07, 6.45) is -20.2. The van der Waals surface area contributed by atoms with Gasteiger partial charge in [0.1, 0.15) is 78.6 Å². The van der Waals surface area contributed by atoms with E-state index in [4.69, 9.17) is 23.7 Å². The second kappa shape index (κ2) is 15.2. The summed E-state index contributed by atoms with van der Waals surface area (Å²) in [5.74, 6) is -0.633. The average molecular weight is 638 g/mol. The van der Waals surface area contributed by atoms with Gasteiger partial charge in [-0.25, -0.2) is 0 Å². The predicted molar refractivity (Wildman–Crippen MR) is 143 cm³/mol. The Morgan fingerprint density at radius 3 is 1.88 bits per heavy atom. The standard InChI is InChI=1S/C26H39NO15S/c1-10(31)27-15-18(34)22(41-25-21(37)19(35)16(32)12(7-28)38-25)14(9-30)39-24(15)42-23-20(36)17(33)13(8-29)40-26(23)43-11-5-3-2-4-6-11/h2-6,12-26,28-30,32-37H,7-9H2,1H3,(H,27,31)/t12-,13-,14-,15-,16+,17-,18-,19+,20+,21-,22-,23+,24+,25+,26-/m1/s1. The highest BCUT2D eigenvalue weighted by Crippen LogP contribution is 2.37. The number of carbonyl (C=O) groups is 1. The molecule has 0 bridgehead atoms. The molecule has 1 aromatic rings. The normalized spacial score (nSPS) is 43.7. The van der Waals surface area contributed by atoms with Crippen LogP contribution in [-0.4, -0.2) is 163 Å². The van der Waals surface area contributed by atoms with Crippen molar-refractivity contribution >= 4 is 17.7 Å². The molecule has 43 heavy (non-hydrogen) atoms. The number of hydrogen-bond donors (Lipinski definition) is 10. The number of hydrogen-bond acceptors (Lipinski definition) is 16. The fourth-order valence-corrected chi connectivity index (χ4v) is 6.30. The van der Waals surface area contributed by atoms with Gasteiger partial charge in [-0.3, -0.25) is 4.79 Å². The van der Waals surface area contributed by atoms with Crippen LogP contribution in [0.5, 0.6) is 0 Å². The highest BCUT2D eigenvalue weighted by molar-refractivity contribution is 7.99. The van der Waals surface area contributed by atoms with Crippen LogP contribution >= 0.6 is 11.8 Å². The number of aliphatic hydroxyl groups is 9. The third-order valence-corrected chi connectivity index (χ3v) is 8.63. The molecule has 0 radical (unpaired) electrons. The van der Waals surface area contributed by atoms with Gasteiger partial charge in [0.15, 0.2) is 12.6 Å². The highest BCUT2D eigenvalue weighted by atomic mass is 32.2. The number of amides is 1. The molecule has 4 rings (SSSR count). The number of thioether (sulfide) groups is 1. The van der Waals surface area contributed by atoms with Crippen molar-refractivity contribution in [2.45, 2.75) is 103 Å². The van der Waals surface area contributed by atoms with Gasteiger partial charge in [-0.2, -0.15) is 0 Å². The molecular weight excluding hydrogens is 598 g/mol. The molecule has 15 atom stereocenters. The van der Waals surface area contributed by atoms with E-state index in [-0.39, 0.29) is 0 Å². The van der Waals surface area contributed by atoms with Gasteiger partial charge < -0.3 is 75.0 Å². The molecular formula is C26H39NO15S. The van der Waals surface area contributed by atoms with Crippen LogP contribution in [0, 0.1) is 0 Å². The molecule has 0 unspecified atom stereocenters. The maximum Gasteiger partial charge on any atom is 0.217 e. The van der Waals surface area contributed by atoms with Gasteiger partial charge in [0, 0.05) is 11.8 Å². The van der Waals surface area contributed by atoms with E-state index in [1.807, 2.05) is 0 Å². The number of carbonyl (C=O) groups excluding carboxylic acids is 1. The predicted octanol–water partition coefficient (Wildman–Crippen LogP) is -4.63. The lowest BCUT2D eigenvalue weighted by molar-refractivity contribution is -0.357. The third-order valence-electron chi connectivity index (χ3n) is 7.47. The first-order valence-electron chi connectivity index (χ1n) is 13.7. The van der Waals surface area contributed by atoms with E-state index in [0.29, 0.717) is 4.90 Å². The molecule has 3 aliphatic heterocycles. The lowest BCUT2D eigenvalue weighted by Gasteiger charge is -2.49. The number of ether oxygens (including phenoxy) is 5. The molecule has 17 heteroatoms. The topological polar surface area (TPSA) is 257 Å². The summed E-state index contributed by atoms with van der Waals surface area (Å²) in [6.45, 7) is -0.975. The molecule has 3 heterocycles. The second-order valence-electron chi connectivity index (χ2n) is 10.5. The largest absolute Gasteiger partial charge is 0.394 e. The van der Waals surface area contributed by atoms with Gasteiger partial charge in [0.2, 0.25) is 5.91 Å². The molecule has 16 nitrogen and oxygen atoms in total. The Morgan fingerprint density at radius 1 is 0.721 bits per heavy atom. The van der Waals surface area contributed by atoms with Crippen LogP contribution < -0.4 is 5.32 Å². The van der Waals surface area contributed by atoms with Crippen molar-refractivity contribution in [3.8, 4) is 0 Å². The van der Waals surface area contributed by atoms with E-state index in [2.05, 4.69) is 5.32 Å². The minimum atomic E-state index is -1.83. The molecule has 3 saturated heterocycles. The molecule has 1 amide bonds. The van der Waals surface area contributed by atoms with Crippen molar-refractivity contribution in [2.75, 3.05) is 19.8 Å². The van der Waals surface area contributed by atoms with Gasteiger partial charge in [-0.05, 0) is 12.1 Å². The summed E-state index contributed by atoms with van der Waals surface area (Å²) in [7, 11) is 0. The zero-order valence-electron chi connectivity index (χ0n) is 23.1. The van der Waals surface area contributed by atoms with Gasteiger partial charge in [-0.15, -0.1) is 0 Å². The maximum absolute atomic E-state index is 12.1. The summed E-state index contributed by atoms with van der Waals surface area (Å²) in [5.41, 5.74) is -1.02. The number of benzene rings is 1. The minimum Gasteiger partial charge on any atom is -0.394 e. The maximum atomic E-state index is 12.1. The van der Waals surface area contributed by atoms with Gasteiger partial charge in [-0.1, -0.05) is 30.0 Å². The molecule has 0 saturated carbocycles. The van der Waals surface area contributed by atoms with Gasteiger partial charge >= 0.3 is 0 Å². The summed E-state index contributed by atoms with van der Waals surface area (Å²) < 4.78 is 28.8. The smallest absolute Gasteiger partial charge is 0.217 e. The van der Waals surface area contributed by atoms with E-state index in [1.165, 1.54) is 0 Å². The Labute approximate surface area is 250 Å². The zero-order valence-corrected chi connectivity index (χ0v) is 23.9. The SMILES string of the molecule is CC(=O)N[C@H]1[C@H](O[C@H]2[C@@H](O)[C@H](O)[C@@H](CO)O[C@@H]2Sc2ccccc2)O[C@H](CO)[C@@H](O[C@@H]2O[C@H](CO)[C@H](O)[C@H](O)[C@H]2O)[C@@H]1O. The van der Waals surface area contributed by atoms with Crippen molar-refractivity contribution in [3.63, 3.8) is 0 Å². The van der Waals surface area contributed by atoms with Crippen molar-refractivity contribution in [2.24, 2.45) is 0 Å². The molecule has 1 aromatic carbocycles. The van der Waals surface area contributed by atoms with E-state index in [9.17, 15) is 50.8 Å². The monoisotopic (exact) mass is 637 g/mol. The summed E-state index contributed by atoms with van der Waals surface area (Å²) >= 11 is 1.12. The summed E-state index contributed by atoms with van der Waals surface area (Å²) in [5, 5.41) is 95.3. The lowest BCUT2D eigenvalue weighted by atomic mass is 9.95. The van der Waals surface area contributed by atoms with Crippen molar-refractivity contribution in [3.05, 3.63) is 30.3 Å². The lowest BCUT2D eigenvalue weighted by Crippen LogP contribution is -2.69. The first kappa shape index (κ1) is 34.4. The Bertz CT molecular complexity index is 1030. The Kier molecular flexibility index (Phi) is 12.1. The third kappa shape index (κ3) is 7.66. The van der Waals surface area contributed by atoms with E-state index < -0.39 is 117 Å². The minimum absolute atomic E-state index is 0.604. The molecule has 3 aliphatic rings. The molecule has 0 aliphatic carbocycles. The average Bonchev–Trinajstić information content (AvgIpc) is 2.99. The Morgan fingerprint density at radius 2 is 1.28 bits per heavy atom. The summed E-state index contributed by atoms with van der Waals surface area (Å²) in [4.78, 5) is 12.8. The van der Waals surface area contributed by atoms with Crippen LogP contribution in [0.4, 0.5) is 0 Å². The van der Waals surface area contributed by atoms with Crippen molar-refractivity contribution < 1.29 is 74.4 Å². The molecule has 244 valence electrons. The van der Waals surface area contributed by atoms with Crippen LogP contribution in [0.3, 0.4) is 0 Å². The van der Waals surface area contributed by atoms with Crippen LogP contribution in [0.15, 0.2) is 35.2 Å². The van der Waals surface area contributed by atoms with Crippen molar-refractivity contribution in [1.82, 2.24) is 5.32 Å². The Hall–Kier alpha value is -1.52. The first-order valence-corrected chi connectivity index (χ1v) is 14.6. The second-order valence-corrected chi connectivity index (χ2v) is 11.7. The number of aliphatic hydroxyl groups excluding tert-OH is 9. The number of rotatable bonds is 10. The zero-order chi connectivity index (χ0) is 31.4. The van der Waals surface area contributed by atoms with E-state index in [0.717, 1.165) is 18.7 Å². The fraction of sp³-hybridized carbons (Fsp3) is 0.731. The quantitative estimate of drug-likeness (QED) is 0.116. The number of nitrogens with one attached hydrogen (secondary N) is 1. The molecule has 0 spiro atoms. The summed E-state index contributed by atoms with van der Waals surface area (Å²) in [6, 6.07) is 7.44. The van der Waals surface area contributed by atoms with Crippen LogP contribution in [0.2, 0.25) is 0 Å². The van der Waals surface area contributed by atoms with Crippen LogP contribution in [0.1, 0.15) is 6.92 Å². The van der Waals surface area contributed by atoms with Crippen molar-refractivity contribution in [1.29, 1.82) is 0 Å². The molecule has 10 N–H and O–H groups in total. The molecule has 3 fully saturated rings. The fourth-order valence-electron chi connectivity index (χ4n) is 5.16. The van der Waals surface area contributed by atoms with E-state index >= 15 is 0 Å². The molecule has 0 aromatic heterocycles. The first-order chi connectivity index (χ1) is 20.5. The van der Waals surface area contributed by atoms with E-state index in [1.54, 1.807) is 30.3 Å². The van der Waals surface area contributed by atoms with Gasteiger partial charge in [0.25, 0.3) is 0 Å². The van der Waals surface area contributed by atoms with Crippen LogP contribution in [0.25, 0.3) is 0 Å². The van der Waals surface area contributed by atoms with Crippen LogP contribution in [-0.2, 0) is 28.5 Å². The Balaban J connectivity index is 1.58.